The van der Waals surface area contributed by atoms with Crippen molar-refractivity contribution in [1.82, 2.24) is 0 Å². The van der Waals surface area contributed by atoms with Crippen molar-refractivity contribution in [1.29, 1.82) is 0 Å². The van der Waals surface area contributed by atoms with Gasteiger partial charge >= 0.3 is 0 Å². The summed E-state index contributed by atoms with van der Waals surface area (Å²) in [7, 11) is 1.72. The second-order valence-electron chi connectivity index (χ2n) is 3.90. The zero-order chi connectivity index (χ0) is 13.2. The summed E-state index contributed by atoms with van der Waals surface area (Å²) in [5, 5.41) is 0.821. The number of alkyl halides is 1. The molecular weight excluding hydrogens is 296 g/mol. The Kier molecular flexibility index (Phi) is 7.85. The Bertz CT molecular complexity index is 342. The van der Waals surface area contributed by atoms with Gasteiger partial charge in [0.05, 0.1) is 13.2 Å². The zero-order valence-corrected chi connectivity index (χ0v) is 12.7. The third-order valence-electron chi connectivity index (χ3n) is 2.46. The molecular formula is C14H21BrO3. The minimum absolute atomic E-state index is 0.645. The van der Waals surface area contributed by atoms with Gasteiger partial charge in [0.25, 0.3) is 0 Å². The van der Waals surface area contributed by atoms with Gasteiger partial charge in [0, 0.05) is 19.0 Å². The molecule has 0 unspecified atom stereocenters. The molecule has 0 fully saturated rings. The van der Waals surface area contributed by atoms with Crippen LogP contribution in [0.15, 0.2) is 18.2 Å². The van der Waals surface area contributed by atoms with Crippen molar-refractivity contribution in [2.75, 3.05) is 26.9 Å². The minimum Gasteiger partial charge on any atom is -0.490 e. The second kappa shape index (κ2) is 9.22. The van der Waals surface area contributed by atoms with Gasteiger partial charge in [0.1, 0.15) is 0 Å². The standard InChI is InChI=1S/C14H21BrO3/c1-3-17-14-10-12(11-15)6-7-13(14)18-9-5-4-8-16-2/h6-7,10H,3-5,8-9,11H2,1-2H3. The van der Waals surface area contributed by atoms with Gasteiger partial charge in [-0.05, 0) is 37.5 Å². The van der Waals surface area contributed by atoms with Gasteiger partial charge < -0.3 is 14.2 Å². The molecule has 1 rings (SSSR count). The number of hydrogen-bond acceptors (Lipinski definition) is 3. The van der Waals surface area contributed by atoms with Crippen LogP contribution in [0.25, 0.3) is 0 Å². The molecule has 3 nitrogen and oxygen atoms in total. The summed E-state index contributed by atoms with van der Waals surface area (Å²) >= 11 is 3.44. The summed E-state index contributed by atoms with van der Waals surface area (Å²) in [5.41, 5.74) is 1.19. The van der Waals surface area contributed by atoms with Crippen LogP contribution in [0.2, 0.25) is 0 Å². The molecule has 0 atom stereocenters. The van der Waals surface area contributed by atoms with Crippen molar-refractivity contribution in [2.45, 2.75) is 25.1 Å². The minimum atomic E-state index is 0.645. The Morgan fingerprint density at radius 1 is 1.06 bits per heavy atom. The van der Waals surface area contributed by atoms with E-state index in [0.717, 1.165) is 36.3 Å². The Hall–Kier alpha value is -0.740. The van der Waals surface area contributed by atoms with Crippen molar-refractivity contribution in [3.8, 4) is 11.5 Å². The molecule has 0 amide bonds. The molecule has 0 bridgehead atoms. The number of hydrogen-bond donors (Lipinski definition) is 0. The summed E-state index contributed by atoms with van der Waals surface area (Å²) in [6.45, 7) is 4.09. The third kappa shape index (κ3) is 5.27. The molecule has 102 valence electrons. The lowest BCUT2D eigenvalue weighted by Gasteiger charge is -2.12. The van der Waals surface area contributed by atoms with Crippen LogP contribution >= 0.6 is 15.9 Å². The first-order valence-electron chi connectivity index (χ1n) is 6.25. The van der Waals surface area contributed by atoms with Crippen LogP contribution in [0.4, 0.5) is 0 Å². The largest absolute Gasteiger partial charge is 0.490 e. The molecule has 0 saturated carbocycles. The van der Waals surface area contributed by atoms with Gasteiger partial charge in [-0.3, -0.25) is 0 Å². The quantitative estimate of drug-likeness (QED) is 0.512. The Balaban J connectivity index is 2.52. The van der Waals surface area contributed by atoms with Crippen LogP contribution in [-0.4, -0.2) is 26.9 Å². The topological polar surface area (TPSA) is 27.7 Å². The fourth-order valence-electron chi connectivity index (χ4n) is 1.55. The average Bonchev–Trinajstić information content (AvgIpc) is 2.40. The predicted octanol–water partition coefficient (Wildman–Crippen LogP) is 3.79. The maximum absolute atomic E-state index is 5.74. The highest BCUT2D eigenvalue weighted by molar-refractivity contribution is 9.08. The van der Waals surface area contributed by atoms with Crippen molar-refractivity contribution in [2.24, 2.45) is 0 Å². The van der Waals surface area contributed by atoms with Crippen LogP contribution in [-0.2, 0) is 10.1 Å². The molecule has 0 spiro atoms. The van der Waals surface area contributed by atoms with E-state index in [0.29, 0.717) is 13.2 Å². The Labute approximate surface area is 118 Å². The van der Waals surface area contributed by atoms with E-state index >= 15 is 0 Å². The zero-order valence-electron chi connectivity index (χ0n) is 11.1. The predicted molar refractivity (Wildman–Crippen MR) is 76.8 cm³/mol. The molecule has 0 heterocycles. The highest BCUT2D eigenvalue weighted by Crippen LogP contribution is 2.29. The first kappa shape index (κ1) is 15.3. The number of halogens is 1. The van der Waals surface area contributed by atoms with E-state index < -0.39 is 0 Å². The summed E-state index contributed by atoms with van der Waals surface area (Å²) in [6, 6.07) is 6.03. The fourth-order valence-corrected chi connectivity index (χ4v) is 1.90. The molecule has 18 heavy (non-hydrogen) atoms. The summed E-state index contributed by atoms with van der Waals surface area (Å²) < 4.78 is 16.3. The van der Waals surface area contributed by atoms with Gasteiger partial charge in [-0.2, -0.15) is 0 Å². The fraction of sp³-hybridized carbons (Fsp3) is 0.571. The number of ether oxygens (including phenoxy) is 3. The average molecular weight is 317 g/mol. The lowest BCUT2D eigenvalue weighted by atomic mass is 10.2. The summed E-state index contributed by atoms with van der Waals surface area (Å²) in [6.07, 6.45) is 2.00. The van der Waals surface area contributed by atoms with Gasteiger partial charge in [-0.15, -0.1) is 0 Å². The van der Waals surface area contributed by atoms with E-state index in [2.05, 4.69) is 15.9 Å². The normalized spacial score (nSPS) is 10.4. The van der Waals surface area contributed by atoms with E-state index in [9.17, 15) is 0 Å². The van der Waals surface area contributed by atoms with Crippen LogP contribution in [0.3, 0.4) is 0 Å². The molecule has 0 aromatic heterocycles. The molecule has 0 radical (unpaired) electrons. The molecule has 4 heteroatoms. The van der Waals surface area contributed by atoms with E-state index in [1.165, 1.54) is 5.56 Å². The summed E-state index contributed by atoms with van der Waals surface area (Å²) in [5.74, 6) is 1.64. The molecule has 0 aliphatic carbocycles. The molecule has 0 N–H and O–H groups in total. The maximum atomic E-state index is 5.74. The monoisotopic (exact) mass is 316 g/mol. The van der Waals surface area contributed by atoms with E-state index in [1.54, 1.807) is 7.11 Å². The molecule has 0 saturated heterocycles. The van der Waals surface area contributed by atoms with Crippen molar-refractivity contribution >= 4 is 15.9 Å². The van der Waals surface area contributed by atoms with Crippen LogP contribution in [0.5, 0.6) is 11.5 Å². The van der Waals surface area contributed by atoms with Crippen molar-refractivity contribution in [3.05, 3.63) is 23.8 Å². The van der Waals surface area contributed by atoms with Gasteiger partial charge in [-0.1, -0.05) is 22.0 Å². The number of benzene rings is 1. The van der Waals surface area contributed by atoms with Crippen molar-refractivity contribution in [3.63, 3.8) is 0 Å². The van der Waals surface area contributed by atoms with E-state index in [1.807, 2.05) is 25.1 Å². The van der Waals surface area contributed by atoms with Gasteiger partial charge in [0.2, 0.25) is 0 Å². The highest BCUT2D eigenvalue weighted by Gasteiger charge is 2.05. The number of unbranched alkanes of at least 4 members (excludes halogenated alkanes) is 1. The van der Waals surface area contributed by atoms with Crippen LogP contribution in [0, 0.1) is 0 Å². The molecule has 0 aliphatic rings. The van der Waals surface area contributed by atoms with Gasteiger partial charge in [0.15, 0.2) is 11.5 Å². The Morgan fingerprint density at radius 3 is 2.50 bits per heavy atom. The van der Waals surface area contributed by atoms with E-state index in [4.69, 9.17) is 14.2 Å². The first-order chi connectivity index (χ1) is 8.81. The van der Waals surface area contributed by atoms with Crippen LogP contribution < -0.4 is 9.47 Å². The SMILES string of the molecule is CCOc1cc(CBr)ccc1OCCCCOC. The van der Waals surface area contributed by atoms with Gasteiger partial charge in [-0.25, -0.2) is 0 Å². The smallest absolute Gasteiger partial charge is 0.161 e. The van der Waals surface area contributed by atoms with Crippen molar-refractivity contribution < 1.29 is 14.2 Å². The number of rotatable bonds is 9. The molecule has 1 aromatic carbocycles. The third-order valence-corrected chi connectivity index (χ3v) is 3.11. The molecule has 0 aliphatic heterocycles. The Morgan fingerprint density at radius 2 is 1.83 bits per heavy atom. The van der Waals surface area contributed by atoms with E-state index in [-0.39, 0.29) is 0 Å². The summed E-state index contributed by atoms with van der Waals surface area (Å²) in [4.78, 5) is 0. The molecule has 1 aromatic rings. The second-order valence-corrected chi connectivity index (χ2v) is 4.46. The number of methoxy groups -OCH3 is 1. The lowest BCUT2D eigenvalue weighted by molar-refractivity contribution is 0.183. The first-order valence-corrected chi connectivity index (χ1v) is 7.37. The highest BCUT2D eigenvalue weighted by atomic mass is 79.9. The van der Waals surface area contributed by atoms with Crippen LogP contribution in [0.1, 0.15) is 25.3 Å². The maximum Gasteiger partial charge on any atom is 0.161 e. The lowest BCUT2D eigenvalue weighted by Crippen LogP contribution is -2.02.